The van der Waals surface area contributed by atoms with E-state index in [-0.39, 0.29) is 12.1 Å². The van der Waals surface area contributed by atoms with Crippen LogP contribution in [0.5, 0.6) is 0 Å². The molecule has 2 aromatic carbocycles. The summed E-state index contributed by atoms with van der Waals surface area (Å²) in [5.41, 5.74) is 7.43. The molecule has 0 aliphatic carbocycles. The van der Waals surface area contributed by atoms with Crippen LogP contribution in [0.1, 0.15) is 27.2 Å². The van der Waals surface area contributed by atoms with Crippen LogP contribution < -0.4 is 10.6 Å². The number of benzene rings is 2. The van der Waals surface area contributed by atoms with E-state index in [2.05, 4.69) is 20.9 Å². The van der Waals surface area contributed by atoms with E-state index in [9.17, 15) is 22.2 Å². The lowest BCUT2D eigenvalue weighted by Gasteiger charge is -2.25. The minimum Gasteiger partial charge on any atom is -0.398 e. The van der Waals surface area contributed by atoms with E-state index in [1.165, 1.54) is 4.90 Å². The first-order valence-electron chi connectivity index (χ1n) is 9.54. The molecule has 32 heavy (non-hydrogen) atoms. The number of aryl methyl sites for hydroxylation is 1. The number of rotatable bonds is 4. The Hall–Kier alpha value is -2.72. The van der Waals surface area contributed by atoms with Crippen LogP contribution in [0.2, 0.25) is 0 Å². The molecule has 2 heterocycles. The standard InChI is InChI=1S/C22H17BrF3N3O2S/c23-16-6-4-13(10-17(16)27)12-29(18-3-1-2-14-8-9-32(31)20(14)18)21(30)15-5-7-19(28-11-15)22(24,25)26/h1-7,10-11H,8-9,12,27H2. The van der Waals surface area contributed by atoms with Crippen molar-refractivity contribution in [2.24, 2.45) is 0 Å². The largest absolute Gasteiger partial charge is 0.433 e. The number of aromatic nitrogens is 1. The number of hydrogen-bond donors (Lipinski definition) is 1. The number of alkyl halides is 3. The van der Waals surface area contributed by atoms with Gasteiger partial charge in [0.05, 0.1) is 33.5 Å². The third-order valence-corrected chi connectivity index (χ3v) is 7.32. The highest BCUT2D eigenvalue weighted by Crippen LogP contribution is 2.35. The van der Waals surface area contributed by atoms with E-state index in [1.54, 1.807) is 30.3 Å². The normalized spacial score (nSPS) is 15.4. The van der Waals surface area contributed by atoms with Crippen LogP contribution in [0.3, 0.4) is 0 Å². The van der Waals surface area contributed by atoms with Gasteiger partial charge in [-0.05, 0) is 63.8 Å². The fourth-order valence-corrected chi connectivity index (χ4v) is 5.26. The average Bonchev–Trinajstić information content (AvgIpc) is 3.15. The highest BCUT2D eigenvalue weighted by molar-refractivity contribution is 9.10. The molecule has 4 rings (SSSR count). The molecule has 0 saturated heterocycles. The Balaban J connectivity index is 1.77. The molecule has 1 aliphatic rings. The number of fused-ring (bicyclic) bond motifs is 1. The van der Waals surface area contributed by atoms with Gasteiger partial charge in [0.25, 0.3) is 5.91 Å². The lowest BCUT2D eigenvalue weighted by Crippen LogP contribution is -2.31. The number of pyridine rings is 1. The lowest BCUT2D eigenvalue weighted by atomic mass is 10.1. The Bertz CT molecular complexity index is 1220. The molecule has 0 bridgehead atoms. The SMILES string of the molecule is Nc1cc(CN(C(=O)c2ccc(C(F)(F)F)nc2)c2cccc3c2S(=O)CC3)ccc1Br. The van der Waals surface area contributed by atoms with Crippen LogP contribution in [0.25, 0.3) is 0 Å². The number of amides is 1. The zero-order chi connectivity index (χ0) is 23.0. The molecule has 1 unspecified atom stereocenters. The van der Waals surface area contributed by atoms with Gasteiger partial charge in [-0.1, -0.05) is 18.2 Å². The first-order valence-corrected chi connectivity index (χ1v) is 11.7. The molecule has 5 nitrogen and oxygen atoms in total. The van der Waals surface area contributed by atoms with E-state index < -0.39 is 28.6 Å². The number of nitrogens with zero attached hydrogens (tertiary/aromatic N) is 2. The van der Waals surface area contributed by atoms with Crippen LogP contribution >= 0.6 is 15.9 Å². The van der Waals surface area contributed by atoms with Gasteiger partial charge >= 0.3 is 6.18 Å². The number of halogens is 4. The van der Waals surface area contributed by atoms with Crippen molar-refractivity contribution in [2.45, 2.75) is 24.0 Å². The number of carbonyl (C=O) groups is 1. The maximum Gasteiger partial charge on any atom is 0.433 e. The summed E-state index contributed by atoms with van der Waals surface area (Å²) in [5.74, 6) is -0.0911. The maximum absolute atomic E-state index is 13.4. The summed E-state index contributed by atoms with van der Waals surface area (Å²) < 4.78 is 52.0. The summed E-state index contributed by atoms with van der Waals surface area (Å²) in [7, 11) is -1.27. The molecule has 0 spiro atoms. The Morgan fingerprint density at radius 1 is 1.19 bits per heavy atom. The van der Waals surface area contributed by atoms with Gasteiger partial charge in [0.15, 0.2) is 0 Å². The van der Waals surface area contributed by atoms with Crippen LogP contribution in [-0.4, -0.2) is 20.9 Å². The topological polar surface area (TPSA) is 76.3 Å². The minimum atomic E-state index is -4.60. The van der Waals surface area contributed by atoms with E-state index in [0.29, 0.717) is 38.5 Å². The van der Waals surface area contributed by atoms with Crippen LogP contribution in [0.4, 0.5) is 24.5 Å². The summed E-state index contributed by atoms with van der Waals surface area (Å²) in [6.45, 7) is 0.0883. The molecule has 3 aromatic rings. The van der Waals surface area contributed by atoms with Crippen LogP contribution in [-0.2, 0) is 29.9 Å². The predicted octanol–water partition coefficient (Wildman–Crippen LogP) is 4.96. The third-order valence-electron chi connectivity index (χ3n) is 5.10. The first kappa shape index (κ1) is 22.5. The van der Waals surface area contributed by atoms with Gasteiger partial charge in [-0.15, -0.1) is 0 Å². The first-order chi connectivity index (χ1) is 15.1. The van der Waals surface area contributed by atoms with Gasteiger partial charge in [-0.3, -0.25) is 14.0 Å². The zero-order valence-electron chi connectivity index (χ0n) is 16.5. The molecule has 1 atom stereocenters. The molecule has 10 heteroatoms. The smallest absolute Gasteiger partial charge is 0.398 e. The summed E-state index contributed by atoms with van der Waals surface area (Å²) in [5, 5.41) is 0. The Morgan fingerprint density at radius 2 is 1.97 bits per heavy atom. The number of nitrogen functional groups attached to an aromatic ring is 1. The molecule has 1 amide bonds. The molecule has 1 aliphatic heterocycles. The fraction of sp³-hybridized carbons (Fsp3) is 0.182. The van der Waals surface area contributed by atoms with Crippen LogP contribution in [0.15, 0.2) is 64.1 Å². The number of carbonyl (C=O) groups excluding carboxylic acids is 1. The van der Waals surface area contributed by atoms with Gasteiger partial charge in [0.2, 0.25) is 0 Å². The number of nitrogens with two attached hydrogens (primary N) is 1. The third kappa shape index (κ3) is 4.42. The fourth-order valence-electron chi connectivity index (χ4n) is 3.53. The van der Waals surface area contributed by atoms with Crippen molar-refractivity contribution >= 4 is 44.0 Å². The number of hydrogen-bond acceptors (Lipinski definition) is 4. The van der Waals surface area contributed by atoms with Crippen molar-refractivity contribution in [3.05, 3.63) is 81.6 Å². The quantitative estimate of drug-likeness (QED) is 0.490. The van der Waals surface area contributed by atoms with Gasteiger partial charge in [0.1, 0.15) is 5.69 Å². The Kier molecular flexibility index (Phi) is 6.09. The van der Waals surface area contributed by atoms with E-state index in [4.69, 9.17) is 5.73 Å². The van der Waals surface area contributed by atoms with Gasteiger partial charge < -0.3 is 10.6 Å². The molecule has 0 fully saturated rings. The van der Waals surface area contributed by atoms with Crippen molar-refractivity contribution in [2.75, 3.05) is 16.4 Å². The highest BCUT2D eigenvalue weighted by Gasteiger charge is 2.33. The lowest BCUT2D eigenvalue weighted by molar-refractivity contribution is -0.141. The van der Waals surface area contributed by atoms with Crippen LogP contribution in [0, 0.1) is 0 Å². The second-order valence-electron chi connectivity index (χ2n) is 7.24. The van der Waals surface area contributed by atoms with Gasteiger partial charge in [-0.25, -0.2) is 0 Å². The second-order valence-corrected chi connectivity index (χ2v) is 9.60. The van der Waals surface area contributed by atoms with Crippen molar-refractivity contribution in [3.63, 3.8) is 0 Å². The van der Waals surface area contributed by atoms with Gasteiger partial charge in [0, 0.05) is 22.1 Å². The van der Waals surface area contributed by atoms with Crippen molar-refractivity contribution < 1.29 is 22.2 Å². The Labute approximate surface area is 193 Å². The van der Waals surface area contributed by atoms with Crippen molar-refractivity contribution in [3.8, 4) is 0 Å². The number of anilines is 2. The summed E-state index contributed by atoms with van der Waals surface area (Å²) in [4.78, 5) is 18.8. The van der Waals surface area contributed by atoms with Gasteiger partial charge in [-0.2, -0.15) is 13.2 Å². The summed E-state index contributed by atoms with van der Waals surface area (Å²) >= 11 is 3.33. The Morgan fingerprint density at radius 3 is 2.62 bits per heavy atom. The second kappa shape index (κ2) is 8.67. The highest BCUT2D eigenvalue weighted by atomic mass is 79.9. The van der Waals surface area contributed by atoms with E-state index >= 15 is 0 Å². The monoisotopic (exact) mass is 523 g/mol. The summed E-state index contributed by atoms with van der Waals surface area (Å²) in [6.07, 6.45) is -3.06. The van der Waals surface area contributed by atoms with E-state index in [0.717, 1.165) is 23.9 Å². The maximum atomic E-state index is 13.4. The molecule has 1 aromatic heterocycles. The van der Waals surface area contributed by atoms with Crippen molar-refractivity contribution in [1.82, 2.24) is 4.98 Å². The zero-order valence-corrected chi connectivity index (χ0v) is 18.9. The minimum absolute atomic E-state index is 0.00975. The average molecular weight is 524 g/mol. The molecule has 2 N–H and O–H groups in total. The molecular weight excluding hydrogens is 507 g/mol. The molecule has 0 saturated carbocycles. The van der Waals surface area contributed by atoms with E-state index in [1.807, 2.05) is 6.07 Å². The van der Waals surface area contributed by atoms with Crippen molar-refractivity contribution in [1.29, 1.82) is 0 Å². The summed E-state index contributed by atoms with van der Waals surface area (Å²) in [6, 6.07) is 12.4. The molecule has 166 valence electrons. The molecular formula is C22H17BrF3N3O2S. The predicted molar refractivity (Wildman–Crippen MR) is 120 cm³/mol. The molecule has 0 radical (unpaired) electrons.